The molecule has 0 amide bonds. The van der Waals surface area contributed by atoms with Crippen molar-refractivity contribution in [3.05, 3.63) is 47.8 Å². The molecule has 1 aromatic rings. The van der Waals surface area contributed by atoms with E-state index >= 15 is 0 Å². The van der Waals surface area contributed by atoms with Crippen LogP contribution in [0.15, 0.2) is 47.8 Å². The molecular weight excluding hydrogens is 292 g/mol. The first-order chi connectivity index (χ1) is 10.4. The van der Waals surface area contributed by atoms with Gasteiger partial charge in [0.25, 0.3) is 0 Å². The lowest BCUT2D eigenvalue weighted by Crippen LogP contribution is -2.36. The summed E-state index contributed by atoms with van der Waals surface area (Å²) in [7, 11) is -1.58. The molecule has 1 unspecified atom stereocenters. The first kappa shape index (κ1) is 15.9. The molecule has 0 fully saturated rings. The molecule has 112 valence electrons. The van der Waals surface area contributed by atoms with Crippen LogP contribution in [-0.2, 0) is 9.59 Å². The van der Waals surface area contributed by atoms with Crippen molar-refractivity contribution >= 4 is 26.5 Å². The van der Waals surface area contributed by atoms with Gasteiger partial charge in [0.05, 0.1) is 0 Å². The van der Waals surface area contributed by atoms with E-state index in [1.165, 1.54) is 0 Å². The molecule has 22 heavy (non-hydrogen) atoms. The lowest BCUT2D eigenvalue weighted by atomic mass is 10.0. The van der Waals surface area contributed by atoms with Gasteiger partial charge in [0, 0.05) is 23.5 Å². The van der Waals surface area contributed by atoms with Gasteiger partial charge >= 0.3 is 0 Å². The fourth-order valence-electron chi connectivity index (χ4n) is 2.01. The number of rotatable bonds is 3. The summed E-state index contributed by atoms with van der Waals surface area (Å²) in [6.07, 6.45) is 6.43. The highest BCUT2D eigenvalue weighted by Gasteiger charge is 2.25. The van der Waals surface area contributed by atoms with Crippen LogP contribution >= 0.6 is 0 Å². The normalized spacial score (nSPS) is 17.8. The minimum atomic E-state index is -1.58. The minimum absolute atomic E-state index is 0.414. The fourth-order valence-corrected chi connectivity index (χ4v) is 2.58. The van der Waals surface area contributed by atoms with Crippen molar-refractivity contribution in [2.75, 3.05) is 4.90 Å². The van der Waals surface area contributed by atoms with Crippen LogP contribution in [0.25, 0.3) is 0 Å². The average Bonchev–Trinajstić information content (AvgIpc) is 2.52. The second-order valence-corrected chi connectivity index (χ2v) is 10.8. The Kier molecular flexibility index (Phi) is 4.74. The van der Waals surface area contributed by atoms with E-state index in [0.29, 0.717) is 17.0 Å². The zero-order chi connectivity index (χ0) is 16.2. The van der Waals surface area contributed by atoms with Gasteiger partial charge in [-0.05, 0) is 18.2 Å². The van der Waals surface area contributed by atoms with Crippen LogP contribution in [-0.4, -0.2) is 31.7 Å². The fraction of sp³-hybridized carbons (Fsp3) is 0.235. The molecule has 4 nitrogen and oxygen atoms in total. The molecule has 0 bridgehead atoms. The molecule has 2 heterocycles. The number of hydrogen-bond acceptors (Lipinski definition) is 4. The van der Waals surface area contributed by atoms with Gasteiger partial charge in [0.2, 0.25) is 0 Å². The number of aromatic nitrogens is 1. The highest BCUT2D eigenvalue weighted by atomic mass is 28.3. The van der Waals surface area contributed by atoms with Crippen LogP contribution in [0.5, 0.6) is 0 Å². The molecule has 2 rings (SSSR count). The number of aldehydes is 2. The Bertz CT molecular complexity index is 691. The predicted molar refractivity (Wildman–Crippen MR) is 89.9 cm³/mol. The Morgan fingerprint density at radius 2 is 2.00 bits per heavy atom. The second kappa shape index (κ2) is 6.54. The van der Waals surface area contributed by atoms with Crippen molar-refractivity contribution < 1.29 is 9.59 Å². The van der Waals surface area contributed by atoms with Crippen molar-refractivity contribution in [2.45, 2.75) is 25.7 Å². The lowest BCUT2D eigenvalue weighted by Gasteiger charge is -2.29. The Balaban J connectivity index is 2.51. The number of nitrogens with zero attached hydrogens (tertiary/aromatic N) is 2. The van der Waals surface area contributed by atoms with Crippen molar-refractivity contribution in [2.24, 2.45) is 0 Å². The lowest BCUT2D eigenvalue weighted by molar-refractivity contribution is -0.105. The molecule has 1 aliphatic rings. The van der Waals surface area contributed by atoms with Crippen molar-refractivity contribution in [3.63, 3.8) is 0 Å². The van der Waals surface area contributed by atoms with Gasteiger partial charge in [-0.2, -0.15) is 0 Å². The van der Waals surface area contributed by atoms with E-state index in [-0.39, 0.29) is 0 Å². The van der Waals surface area contributed by atoms with Gasteiger partial charge in [-0.1, -0.05) is 31.6 Å². The van der Waals surface area contributed by atoms with E-state index in [1.807, 2.05) is 18.2 Å². The summed E-state index contributed by atoms with van der Waals surface area (Å²) in [6, 6.07) is 5.09. The van der Waals surface area contributed by atoms with Crippen LogP contribution in [0.4, 0.5) is 5.82 Å². The molecule has 0 aliphatic carbocycles. The summed E-state index contributed by atoms with van der Waals surface area (Å²) in [5.41, 5.74) is 4.19. The maximum absolute atomic E-state index is 11.4. The number of carbonyl (C=O) groups excluding carboxylic acids is 2. The number of hydrogen-bond donors (Lipinski definition) is 0. The molecule has 0 aromatic carbocycles. The third-order valence-electron chi connectivity index (χ3n) is 2.99. The Labute approximate surface area is 131 Å². The third-order valence-corrected chi connectivity index (χ3v) is 3.88. The highest BCUT2D eigenvalue weighted by molar-refractivity contribution is 6.83. The Morgan fingerprint density at radius 3 is 2.55 bits per heavy atom. The summed E-state index contributed by atoms with van der Waals surface area (Å²) < 4.78 is 0. The SMILES string of the molecule is C[Si](C)(C)C#CC1C(C=O)=CC(C=O)=CN1c1ccccn1. The molecule has 0 saturated heterocycles. The smallest absolute Gasteiger partial charge is 0.151 e. The average molecular weight is 310 g/mol. The van der Waals surface area contributed by atoms with Crippen LogP contribution in [0.1, 0.15) is 0 Å². The van der Waals surface area contributed by atoms with Gasteiger partial charge in [-0.15, -0.1) is 5.54 Å². The minimum Gasteiger partial charge on any atom is -0.314 e. The second-order valence-electron chi connectivity index (χ2n) is 6.03. The maximum atomic E-state index is 11.4. The summed E-state index contributed by atoms with van der Waals surface area (Å²) in [4.78, 5) is 28.6. The summed E-state index contributed by atoms with van der Waals surface area (Å²) in [5.74, 6) is 3.85. The number of carbonyl (C=O) groups is 2. The molecule has 5 heteroatoms. The first-order valence-corrected chi connectivity index (χ1v) is 10.5. The zero-order valence-electron chi connectivity index (χ0n) is 12.9. The van der Waals surface area contributed by atoms with Crippen LogP contribution < -0.4 is 4.90 Å². The van der Waals surface area contributed by atoms with E-state index < -0.39 is 14.1 Å². The number of pyridine rings is 1. The van der Waals surface area contributed by atoms with Gasteiger partial charge in [0.15, 0.2) is 6.29 Å². The summed E-state index contributed by atoms with van der Waals surface area (Å²) in [6.45, 7) is 6.43. The third kappa shape index (κ3) is 3.80. The number of allylic oxidation sites excluding steroid dienone is 2. The molecule has 1 atom stereocenters. The predicted octanol–water partition coefficient (Wildman–Crippen LogP) is 2.36. The number of anilines is 1. The molecule has 1 aromatic heterocycles. The van der Waals surface area contributed by atoms with Crippen molar-refractivity contribution in [1.82, 2.24) is 4.98 Å². The van der Waals surface area contributed by atoms with Crippen LogP contribution in [0.2, 0.25) is 19.6 Å². The van der Waals surface area contributed by atoms with Crippen LogP contribution in [0.3, 0.4) is 0 Å². The monoisotopic (exact) mass is 310 g/mol. The molecule has 1 aliphatic heterocycles. The summed E-state index contributed by atoms with van der Waals surface area (Å²) >= 11 is 0. The quantitative estimate of drug-likeness (QED) is 0.488. The molecule has 0 radical (unpaired) electrons. The molecular formula is C17H18N2O2Si. The Morgan fingerprint density at radius 1 is 1.23 bits per heavy atom. The Hall–Kier alpha value is -2.45. The molecule has 0 spiro atoms. The maximum Gasteiger partial charge on any atom is 0.151 e. The summed E-state index contributed by atoms with van der Waals surface area (Å²) in [5, 5.41) is 0. The topological polar surface area (TPSA) is 50.3 Å². The highest BCUT2D eigenvalue weighted by Crippen LogP contribution is 2.24. The molecule has 0 saturated carbocycles. The first-order valence-electron chi connectivity index (χ1n) is 7.00. The van der Waals surface area contributed by atoms with Gasteiger partial charge in [0.1, 0.15) is 26.2 Å². The standard InChI is InChI=1S/C17H18N2O2Si/c1-22(2,3)9-7-16-15(13-21)10-14(12-20)11-19(16)17-6-4-5-8-18-17/h4-6,8,10-13,16H,1-3H3. The van der Waals surface area contributed by atoms with Crippen molar-refractivity contribution in [1.29, 1.82) is 0 Å². The molecule has 0 N–H and O–H groups in total. The van der Waals surface area contributed by atoms with Gasteiger partial charge < -0.3 is 4.90 Å². The van der Waals surface area contributed by atoms with Crippen LogP contribution in [0, 0.1) is 11.5 Å². The van der Waals surface area contributed by atoms with Gasteiger partial charge in [-0.3, -0.25) is 9.59 Å². The van der Waals surface area contributed by atoms with E-state index in [1.54, 1.807) is 23.4 Å². The van der Waals surface area contributed by atoms with E-state index in [9.17, 15) is 9.59 Å². The zero-order valence-corrected chi connectivity index (χ0v) is 13.9. The van der Waals surface area contributed by atoms with E-state index in [2.05, 4.69) is 36.1 Å². The van der Waals surface area contributed by atoms with E-state index in [0.717, 1.165) is 12.6 Å². The van der Waals surface area contributed by atoms with Gasteiger partial charge in [-0.25, -0.2) is 4.98 Å². The largest absolute Gasteiger partial charge is 0.314 e. The van der Waals surface area contributed by atoms with E-state index in [4.69, 9.17) is 0 Å². The van der Waals surface area contributed by atoms with Crippen molar-refractivity contribution in [3.8, 4) is 11.5 Å².